The van der Waals surface area contributed by atoms with Crippen LogP contribution in [0.4, 0.5) is 5.69 Å². The van der Waals surface area contributed by atoms with E-state index < -0.39 is 6.04 Å². The van der Waals surface area contributed by atoms with Crippen molar-refractivity contribution < 1.29 is 9.59 Å². The van der Waals surface area contributed by atoms with Crippen LogP contribution in [0.1, 0.15) is 11.1 Å². The van der Waals surface area contributed by atoms with Crippen LogP contribution in [0.15, 0.2) is 18.2 Å². The third-order valence-corrected chi connectivity index (χ3v) is 2.84. The Morgan fingerprint density at radius 1 is 1.56 bits per heavy atom. The van der Waals surface area contributed by atoms with E-state index in [2.05, 4.69) is 16.2 Å². The maximum absolute atomic E-state index is 11.5. The number of amides is 2. The molecule has 0 spiro atoms. The van der Waals surface area contributed by atoms with E-state index in [0.717, 1.165) is 16.8 Å². The van der Waals surface area contributed by atoms with E-state index in [1.165, 1.54) is 0 Å². The molecule has 0 saturated heterocycles. The molecule has 18 heavy (non-hydrogen) atoms. The highest BCUT2D eigenvalue weighted by Gasteiger charge is 2.19. The normalized spacial score (nSPS) is 14.9. The molecule has 0 saturated carbocycles. The summed E-state index contributed by atoms with van der Waals surface area (Å²) in [5.74, 6) is -0.258. The van der Waals surface area contributed by atoms with Crippen LogP contribution in [0.25, 0.3) is 0 Å². The average molecular weight is 248 g/mol. The lowest BCUT2D eigenvalue weighted by atomic mass is 10.0. The zero-order valence-corrected chi connectivity index (χ0v) is 10.1. The third kappa shape index (κ3) is 2.66. The average Bonchev–Trinajstić information content (AvgIpc) is 2.68. The molecule has 0 radical (unpaired) electrons. The van der Waals surface area contributed by atoms with Crippen molar-refractivity contribution in [2.45, 2.75) is 18.9 Å². The van der Waals surface area contributed by atoms with Gasteiger partial charge in [-0.2, -0.15) is 0 Å². The van der Waals surface area contributed by atoms with Crippen LogP contribution in [-0.4, -0.2) is 24.9 Å². The first-order valence-electron chi connectivity index (χ1n) is 5.74. The van der Waals surface area contributed by atoms with Crippen LogP contribution in [0.5, 0.6) is 0 Å². The van der Waals surface area contributed by atoms with Crippen molar-refractivity contribution in [3.63, 3.8) is 0 Å². The minimum Gasteiger partial charge on any atom is -0.326 e. The molecular formula is C12H16N4O2. The van der Waals surface area contributed by atoms with Crippen molar-refractivity contribution in [1.29, 1.82) is 0 Å². The highest BCUT2D eigenvalue weighted by molar-refractivity contribution is 5.99. The Balaban J connectivity index is 2.05. The molecule has 0 aliphatic carbocycles. The van der Waals surface area contributed by atoms with Gasteiger partial charge in [0.2, 0.25) is 5.91 Å². The molecule has 96 valence electrons. The number of rotatable bonds is 4. The van der Waals surface area contributed by atoms with E-state index in [-0.39, 0.29) is 11.8 Å². The van der Waals surface area contributed by atoms with Gasteiger partial charge in [-0.3, -0.25) is 15.0 Å². The standard InChI is InChI=1S/C12H16N4O2/c1-14-16-12(18)9(13)5-7-2-3-10-8(4-7)6-11(17)15-10/h2-4,9,14H,5-6,13H2,1H3,(H,15,17)(H,16,18). The zero-order valence-electron chi connectivity index (χ0n) is 10.1. The van der Waals surface area contributed by atoms with Gasteiger partial charge < -0.3 is 11.1 Å². The highest BCUT2D eigenvalue weighted by atomic mass is 16.2. The first-order valence-corrected chi connectivity index (χ1v) is 5.74. The van der Waals surface area contributed by atoms with Gasteiger partial charge in [-0.1, -0.05) is 12.1 Å². The topological polar surface area (TPSA) is 96.2 Å². The lowest BCUT2D eigenvalue weighted by Gasteiger charge is -2.12. The van der Waals surface area contributed by atoms with Gasteiger partial charge in [-0.15, -0.1) is 0 Å². The van der Waals surface area contributed by atoms with Crippen molar-refractivity contribution in [2.75, 3.05) is 12.4 Å². The van der Waals surface area contributed by atoms with E-state index in [0.29, 0.717) is 12.8 Å². The zero-order chi connectivity index (χ0) is 13.1. The Kier molecular flexibility index (Phi) is 3.59. The van der Waals surface area contributed by atoms with Gasteiger partial charge in [0.15, 0.2) is 0 Å². The molecule has 6 nitrogen and oxygen atoms in total. The molecule has 1 aliphatic rings. The van der Waals surface area contributed by atoms with Gasteiger partial charge in [0.25, 0.3) is 5.91 Å². The third-order valence-electron chi connectivity index (χ3n) is 2.84. The molecule has 5 N–H and O–H groups in total. The summed E-state index contributed by atoms with van der Waals surface area (Å²) in [7, 11) is 1.61. The Morgan fingerprint density at radius 2 is 2.33 bits per heavy atom. The highest BCUT2D eigenvalue weighted by Crippen LogP contribution is 2.24. The van der Waals surface area contributed by atoms with Crippen LogP contribution < -0.4 is 21.9 Å². The Bertz CT molecular complexity index is 487. The summed E-state index contributed by atoms with van der Waals surface area (Å²) in [6, 6.07) is 5.02. The van der Waals surface area contributed by atoms with Crippen molar-refractivity contribution in [3.05, 3.63) is 29.3 Å². The predicted octanol–water partition coefficient (Wildman–Crippen LogP) is -0.698. The molecule has 0 fully saturated rings. The molecule has 1 aromatic rings. The van der Waals surface area contributed by atoms with E-state index >= 15 is 0 Å². The largest absolute Gasteiger partial charge is 0.326 e. The first-order chi connectivity index (χ1) is 8.60. The molecule has 1 atom stereocenters. The maximum Gasteiger partial charge on any atom is 0.251 e. The molecule has 0 aromatic heterocycles. The lowest BCUT2D eigenvalue weighted by Crippen LogP contribution is -2.46. The van der Waals surface area contributed by atoms with Gasteiger partial charge in [0.1, 0.15) is 0 Å². The minimum atomic E-state index is -0.611. The van der Waals surface area contributed by atoms with Crippen molar-refractivity contribution in [2.24, 2.45) is 5.73 Å². The van der Waals surface area contributed by atoms with Crippen LogP contribution in [0.3, 0.4) is 0 Å². The van der Waals surface area contributed by atoms with Crippen molar-refractivity contribution >= 4 is 17.5 Å². The molecule has 6 heteroatoms. The van der Waals surface area contributed by atoms with Crippen molar-refractivity contribution in [1.82, 2.24) is 10.9 Å². The fraction of sp³-hybridized carbons (Fsp3) is 0.333. The van der Waals surface area contributed by atoms with Crippen LogP contribution in [0, 0.1) is 0 Å². The number of nitrogens with two attached hydrogens (primary N) is 1. The number of anilines is 1. The van der Waals surface area contributed by atoms with Gasteiger partial charge in [0, 0.05) is 12.7 Å². The van der Waals surface area contributed by atoms with Gasteiger partial charge >= 0.3 is 0 Å². The molecule has 2 rings (SSSR count). The Labute approximate surface area is 105 Å². The summed E-state index contributed by atoms with van der Waals surface area (Å²) in [5.41, 5.74) is 13.5. The summed E-state index contributed by atoms with van der Waals surface area (Å²) >= 11 is 0. The quantitative estimate of drug-likeness (QED) is 0.530. The summed E-state index contributed by atoms with van der Waals surface area (Å²) in [4.78, 5) is 22.7. The first kappa shape index (κ1) is 12.5. The second kappa shape index (κ2) is 5.16. The number of hydrazine groups is 1. The monoisotopic (exact) mass is 248 g/mol. The number of benzene rings is 1. The summed E-state index contributed by atoms with van der Waals surface area (Å²) in [6.45, 7) is 0. The molecule has 1 heterocycles. The van der Waals surface area contributed by atoms with E-state index in [1.54, 1.807) is 7.05 Å². The fourth-order valence-corrected chi connectivity index (χ4v) is 1.97. The van der Waals surface area contributed by atoms with Gasteiger partial charge in [-0.05, 0) is 23.6 Å². The van der Waals surface area contributed by atoms with Crippen LogP contribution in [-0.2, 0) is 22.4 Å². The molecular weight excluding hydrogens is 232 g/mol. The number of fused-ring (bicyclic) bond motifs is 1. The number of hydrogen-bond acceptors (Lipinski definition) is 4. The van der Waals surface area contributed by atoms with Gasteiger partial charge in [0.05, 0.1) is 12.5 Å². The number of nitrogens with one attached hydrogen (secondary N) is 3. The SMILES string of the molecule is CNNC(=O)C(N)Cc1ccc2c(c1)CC(=O)N2. The number of hydrogen-bond donors (Lipinski definition) is 4. The molecule has 1 aliphatic heterocycles. The van der Waals surface area contributed by atoms with Gasteiger partial charge in [-0.25, -0.2) is 5.43 Å². The number of carbonyl (C=O) groups excluding carboxylic acids is 2. The molecule has 1 unspecified atom stereocenters. The van der Waals surface area contributed by atoms with Crippen LogP contribution >= 0.6 is 0 Å². The summed E-state index contributed by atoms with van der Waals surface area (Å²) in [6.07, 6.45) is 0.829. The maximum atomic E-state index is 11.5. The second-order valence-electron chi connectivity index (χ2n) is 4.27. The van der Waals surface area contributed by atoms with E-state index in [4.69, 9.17) is 5.73 Å². The molecule has 1 aromatic carbocycles. The summed E-state index contributed by atoms with van der Waals surface area (Å²) < 4.78 is 0. The second-order valence-corrected chi connectivity index (χ2v) is 4.27. The lowest BCUT2D eigenvalue weighted by molar-refractivity contribution is -0.123. The Hall–Kier alpha value is -1.92. The summed E-state index contributed by atoms with van der Waals surface area (Å²) in [5, 5.41) is 2.76. The van der Waals surface area contributed by atoms with Crippen molar-refractivity contribution in [3.8, 4) is 0 Å². The minimum absolute atomic E-state index is 0.000579. The van der Waals surface area contributed by atoms with E-state index in [1.807, 2.05) is 18.2 Å². The predicted molar refractivity (Wildman–Crippen MR) is 67.7 cm³/mol. The number of carbonyl (C=O) groups is 2. The molecule has 0 bridgehead atoms. The van der Waals surface area contributed by atoms with Crippen LogP contribution in [0.2, 0.25) is 0 Å². The smallest absolute Gasteiger partial charge is 0.251 e. The Morgan fingerprint density at radius 3 is 3.06 bits per heavy atom. The van der Waals surface area contributed by atoms with E-state index in [9.17, 15) is 9.59 Å². The molecule has 2 amide bonds. The fourth-order valence-electron chi connectivity index (χ4n) is 1.97.